The van der Waals surface area contributed by atoms with Gasteiger partial charge in [-0.15, -0.1) is 0 Å². The first kappa shape index (κ1) is 20.3. The third-order valence-corrected chi connectivity index (χ3v) is 8.99. The summed E-state index contributed by atoms with van der Waals surface area (Å²) in [6.45, 7) is 5.49. The Balaban J connectivity index is 0.000000194. The fourth-order valence-corrected chi connectivity index (χ4v) is 6.91. The smallest absolute Gasteiger partial charge is 0.367 e. The van der Waals surface area contributed by atoms with Gasteiger partial charge in [-0.1, -0.05) is 19.8 Å². The number of rotatable bonds is 9. The van der Waals surface area contributed by atoms with Crippen LogP contribution in [0.1, 0.15) is 32.6 Å². The van der Waals surface area contributed by atoms with Crippen LogP contribution >= 0.6 is 0 Å². The van der Waals surface area contributed by atoms with Crippen molar-refractivity contribution >= 4 is 8.56 Å². The van der Waals surface area contributed by atoms with Gasteiger partial charge in [0, 0.05) is 21.3 Å². The topological polar surface area (TPSA) is 62.0 Å². The number of methoxy groups -OCH3 is 1. The molecule has 0 bridgehead atoms. The fraction of sp³-hybridized carbons (Fsp3) is 1.00. The summed E-state index contributed by atoms with van der Waals surface area (Å²) in [5.41, 5.74) is 0.209. The highest BCUT2D eigenvalue weighted by atomic mass is 28.4. The fourth-order valence-electron chi connectivity index (χ4n) is 3.48. The molecule has 4 atom stereocenters. The molecule has 0 radical (unpaired) electrons. The standard InChI is InChI=1S/C11H24O3Si.C6H10O3/c1-5-7-10-8-6-9-15(13-3,14-4)11(10)12-2;1(5-3-8-5)7-2-6-4-9-6/h10-11H,5-9H2,1-4H3;5-6H,1-4H2. The van der Waals surface area contributed by atoms with E-state index in [4.69, 9.17) is 27.8 Å². The largest absolute Gasteiger partial charge is 0.396 e. The Kier molecular flexibility index (Phi) is 8.63. The van der Waals surface area contributed by atoms with Gasteiger partial charge in [-0.3, -0.25) is 0 Å². The molecule has 3 aliphatic rings. The Bertz CT molecular complexity index is 330. The van der Waals surface area contributed by atoms with Crippen LogP contribution in [0.3, 0.4) is 0 Å². The van der Waals surface area contributed by atoms with Gasteiger partial charge in [-0.2, -0.15) is 0 Å². The van der Waals surface area contributed by atoms with Crippen LogP contribution in [0, 0.1) is 5.92 Å². The minimum Gasteiger partial charge on any atom is -0.396 e. The molecule has 0 spiro atoms. The quantitative estimate of drug-likeness (QED) is 0.463. The maximum absolute atomic E-state index is 5.70. The van der Waals surface area contributed by atoms with Crippen LogP contribution in [-0.4, -0.2) is 74.3 Å². The average Bonchev–Trinajstić information content (AvgIpc) is 3.51. The lowest BCUT2D eigenvalue weighted by Crippen LogP contribution is -2.58. The first-order valence-corrected chi connectivity index (χ1v) is 11.2. The highest BCUT2D eigenvalue weighted by molar-refractivity contribution is 6.69. The van der Waals surface area contributed by atoms with Gasteiger partial charge in [0.2, 0.25) is 0 Å². The van der Waals surface area contributed by atoms with Crippen molar-refractivity contribution in [2.75, 3.05) is 47.8 Å². The maximum Gasteiger partial charge on any atom is 0.367 e. The van der Waals surface area contributed by atoms with Crippen LogP contribution in [0.5, 0.6) is 0 Å². The zero-order valence-corrected chi connectivity index (χ0v) is 16.6. The minimum absolute atomic E-state index is 0.209. The molecular formula is C17H34O6Si. The normalized spacial score (nSPS) is 33.5. The van der Waals surface area contributed by atoms with E-state index in [2.05, 4.69) is 6.92 Å². The van der Waals surface area contributed by atoms with Gasteiger partial charge < -0.3 is 27.8 Å². The minimum atomic E-state index is -2.08. The second-order valence-corrected chi connectivity index (χ2v) is 10.3. The van der Waals surface area contributed by atoms with Gasteiger partial charge in [-0.05, 0) is 24.8 Å². The molecule has 0 N–H and O–H groups in total. The third-order valence-electron chi connectivity index (χ3n) is 4.98. The summed E-state index contributed by atoms with van der Waals surface area (Å²) >= 11 is 0. The molecule has 3 saturated heterocycles. The molecule has 7 heteroatoms. The SMILES string of the molecule is C(OCC1CO1)C1CO1.CCCC1CCC[Si](OC)(OC)C1OC. The van der Waals surface area contributed by atoms with E-state index < -0.39 is 8.56 Å². The number of epoxide rings is 2. The average molecular weight is 363 g/mol. The highest BCUT2D eigenvalue weighted by Crippen LogP contribution is 2.37. The van der Waals surface area contributed by atoms with Gasteiger partial charge in [-0.25, -0.2) is 0 Å². The maximum atomic E-state index is 5.70. The lowest BCUT2D eigenvalue weighted by molar-refractivity contribution is 0.0398. The Morgan fingerprint density at radius 2 is 1.58 bits per heavy atom. The molecule has 0 aromatic heterocycles. The van der Waals surface area contributed by atoms with Crippen molar-refractivity contribution in [3.63, 3.8) is 0 Å². The summed E-state index contributed by atoms with van der Waals surface area (Å²) < 4.78 is 32.2. The number of ether oxygens (including phenoxy) is 4. The van der Waals surface area contributed by atoms with Crippen molar-refractivity contribution in [1.29, 1.82) is 0 Å². The van der Waals surface area contributed by atoms with Crippen LogP contribution in [0.4, 0.5) is 0 Å². The van der Waals surface area contributed by atoms with E-state index in [1.54, 1.807) is 21.3 Å². The van der Waals surface area contributed by atoms with E-state index in [1.807, 2.05) is 0 Å². The molecule has 3 aliphatic heterocycles. The summed E-state index contributed by atoms with van der Waals surface area (Å²) in [6.07, 6.45) is 5.70. The first-order chi connectivity index (χ1) is 11.7. The van der Waals surface area contributed by atoms with Crippen molar-refractivity contribution in [1.82, 2.24) is 0 Å². The number of hydrogen-bond donors (Lipinski definition) is 0. The van der Waals surface area contributed by atoms with E-state index >= 15 is 0 Å². The Morgan fingerprint density at radius 1 is 1.00 bits per heavy atom. The molecule has 3 fully saturated rings. The van der Waals surface area contributed by atoms with E-state index in [0.29, 0.717) is 18.1 Å². The zero-order valence-electron chi connectivity index (χ0n) is 15.6. The van der Waals surface area contributed by atoms with Crippen molar-refractivity contribution in [3.8, 4) is 0 Å². The van der Waals surface area contributed by atoms with Gasteiger partial charge >= 0.3 is 8.56 Å². The molecule has 4 unspecified atom stereocenters. The van der Waals surface area contributed by atoms with Gasteiger partial charge in [0.15, 0.2) is 0 Å². The van der Waals surface area contributed by atoms with Crippen LogP contribution in [0.25, 0.3) is 0 Å². The molecule has 3 rings (SSSR count). The first-order valence-electron chi connectivity index (χ1n) is 9.13. The molecule has 3 heterocycles. The van der Waals surface area contributed by atoms with Gasteiger partial charge in [0.05, 0.1) is 26.4 Å². The van der Waals surface area contributed by atoms with Crippen molar-refractivity contribution in [2.45, 2.75) is 56.6 Å². The zero-order chi connectivity index (χ0) is 17.4. The van der Waals surface area contributed by atoms with Crippen molar-refractivity contribution < 1.29 is 27.8 Å². The Labute approximate surface area is 147 Å². The van der Waals surface area contributed by atoms with Crippen LogP contribution in [-0.2, 0) is 27.8 Å². The van der Waals surface area contributed by atoms with E-state index in [1.165, 1.54) is 25.7 Å². The lowest BCUT2D eigenvalue weighted by Gasteiger charge is -2.42. The molecule has 142 valence electrons. The Hall–Kier alpha value is -0.0231. The molecule has 0 aromatic carbocycles. The van der Waals surface area contributed by atoms with Gasteiger partial charge in [0.25, 0.3) is 0 Å². The summed E-state index contributed by atoms with van der Waals surface area (Å²) in [4.78, 5) is 0. The summed E-state index contributed by atoms with van der Waals surface area (Å²) in [5.74, 6) is 0.625. The second kappa shape index (κ2) is 10.2. The Morgan fingerprint density at radius 3 is 2.00 bits per heavy atom. The molecule has 0 amide bonds. The molecule has 0 aliphatic carbocycles. The van der Waals surface area contributed by atoms with Gasteiger partial charge in [0.1, 0.15) is 17.9 Å². The van der Waals surface area contributed by atoms with Crippen LogP contribution < -0.4 is 0 Å². The van der Waals surface area contributed by atoms with E-state index in [0.717, 1.165) is 32.5 Å². The molecule has 0 saturated carbocycles. The lowest BCUT2D eigenvalue weighted by atomic mass is 9.98. The molecule has 6 nitrogen and oxygen atoms in total. The molecule has 24 heavy (non-hydrogen) atoms. The van der Waals surface area contributed by atoms with Crippen LogP contribution in [0.2, 0.25) is 6.04 Å². The van der Waals surface area contributed by atoms with Crippen molar-refractivity contribution in [2.24, 2.45) is 5.92 Å². The summed E-state index contributed by atoms with van der Waals surface area (Å²) in [5, 5.41) is 0. The van der Waals surface area contributed by atoms with Crippen molar-refractivity contribution in [3.05, 3.63) is 0 Å². The number of hydrogen-bond acceptors (Lipinski definition) is 6. The molecular weight excluding hydrogens is 328 g/mol. The van der Waals surface area contributed by atoms with Crippen LogP contribution in [0.15, 0.2) is 0 Å². The molecule has 0 aromatic rings. The second-order valence-electron chi connectivity index (χ2n) is 6.77. The van der Waals surface area contributed by atoms with E-state index in [9.17, 15) is 0 Å². The highest BCUT2D eigenvalue weighted by Gasteiger charge is 2.51. The predicted molar refractivity (Wildman–Crippen MR) is 93.3 cm³/mol. The van der Waals surface area contributed by atoms with E-state index in [-0.39, 0.29) is 5.73 Å². The predicted octanol–water partition coefficient (Wildman–Crippen LogP) is 2.29. The summed E-state index contributed by atoms with van der Waals surface area (Å²) in [7, 11) is 3.26. The third kappa shape index (κ3) is 6.05. The summed E-state index contributed by atoms with van der Waals surface area (Å²) in [6, 6.07) is 1.07. The monoisotopic (exact) mass is 362 g/mol.